The lowest BCUT2D eigenvalue weighted by Gasteiger charge is -2.03. The lowest BCUT2D eigenvalue weighted by atomic mass is 10.4. The molecule has 1 heterocycles. The molecule has 0 unspecified atom stereocenters. The van der Waals surface area contributed by atoms with E-state index in [1.54, 1.807) is 0 Å². The average Bonchev–Trinajstić information content (AvgIpc) is 2.50. The molecule has 0 aliphatic carbocycles. The van der Waals surface area contributed by atoms with E-state index in [1.807, 2.05) is 6.92 Å². The Morgan fingerprint density at radius 1 is 1.57 bits per heavy atom. The molecule has 0 aliphatic rings. The zero-order valence-corrected chi connectivity index (χ0v) is 8.04. The third kappa shape index (κ3) is 2.73. The molecular weight excluding hydrogens is 217 g/mol. The molecule has 0 N–H and O–H groups in total. The summed E-state index contributed by atoms with van der Waals surface area (Å²) in [5, 5.41) is 1.38. The highest BCUT2D eigenvalue weighted by Crippen LogP contribution is 2.25. The van der Waals surface area contributed by atoms with Crippen LogP contribution in [0.2, 0.25) is 0 Å². The quantitative estimate of drug-likeness (QED) is 0.722. The van der Waals surface area contributed by atoms with Crippen LogP contribution in [0, 0.1) is 0 Å². The van der Waals surface area contributed by atoms with E-state index in [2.05, 4.69) is 4.74 Å². The van der Waals surface area contributed by atoms with E-state index >= 15 is 0 Å². The van der Waals surface area contributed by atoms with Gasteiger partial charge in [0.05, 0.1) is 0 Å². The fraction of sp³-hybridized carbons (Fsp3) is 0.375. The van der Waals surface area contributed by atoms with E-state index in [0.717, 1.165) is 4.88 Å². The van der Waals surface area contributed by atoms with Crippen molar-refractivity contribution in [3.8, 4) is 5.75 Å². The number of hydrogen-bond donors (Lipinski definition) is 0. The summed E-state index contributed by atoms with van der Waals surface area (Å²) in [7, 11) is 0. The van der Waals surface area contributed by atoms with Gasteiger partial charge in [-0.1, -0.05) is 6.92 Å². The highest BCUT2D eigenvalue weighted by atomic mass is 32.1. The smallest absolute Gasteiger partial charge is 0.419 e. The summed E-state index contributed by atoms with van der Waals surface area (Å²) >= 11 is 1.26. The SMILES string of the molecule is CCc1cc(OC(=O)C(F)(F)F)cs1. The summed E-state index contributed by atoms with van der Waals surface area (Å²) in [6.07, 6.45) is -4.23. The number of thiophene rings is 1. The Labute approximate surface area is 82.3 Å². The van der Waals surface area contributed by atoms with Gasteiger partial charge in [-0.15, -0.1) is 11.3 Å². The summed E-state index contributed by atoms with van der Waals surface area (Å²) in [6.45, 7) is 1.86. The standard InChI is InChI=1S/C8H7F3O2S/c1-2-6-3-5(4-14-6)13-7(12)8(9,10)11/h3-4H,2H2,1H3. The van der Waals surface area contributed by atoms with E-state index in [4.69, 9.17) is 0 Å². The van der Waals surface area contributed by atoms with E-state index in [1.165, 1.54) is 22.8 Å². The van der Waals surface area contributed by atoms with E-state index in [9.17, 15) is 18.0 Å². The molecule has 0 saturated heterocycles. The van der Waals surface area contributed by atoms with Gasteiger partial charge in [0.25, 0.3) is 0 Å². The minimum Gasteiger partial charge on any atom is -0.419 e. The number of aryl methyl sites for hydroxylation is 1. The van der Waals surface area contributed by atoms with Crippen LogP contribution in [0.25, 0.3) is 0 Å². The van der Waals surface area contributed by atoms with Gasteiger partial charge in [-0.3, -0.25) is 0 Å². The largest absolute Gasteiger partial charge is 0.491 e. The number of alkyl halides is 3. The van der Waals surface area contributed by atoms with Gasteiger partial charge in [0, 0.05) is 10.3 Å². The first-order chi connectivity index (χ1) is 6.43. The fourth-order valence-corrected chi connectivity index (χ4v) is 1.50. The van der Waals surface area contributed by atoms with Crippen LogP contribution in [0.1, 0.15) is 11.8 Å². The molecule has 2 nitrogen and oxygen atoms in total. The van der Waals surface area contributed by atoms with Gasteiger partial charge >= 0.3 is 12.1 Å². The lowest BCUT2D eigenvalue weighted by molar-refractivity contribution is -0.189. The minimum atomic E-state index is -4.94. The minimum absolute atomic E-state index is 0.0471. The molecule has 0 amide bonds. The third-order valence-electron chi connectivity index (χ3n) is 1.42. The average molecular weight is 224 g/mol. The molecule has 0 radical (unpaired) electrons. The molecule has 14 heavy (non-hydrogen) atoms. The van der Waals surface area contributed by atoms with Crippen LogP contribution in [0.3, 0.4) is 0 Å². The van der Waals surface area contributed by atoms with Crippen molar-refractivity contribution in [3.63, 3.8) is 0 Å². The van der Waals surface area contributed by atoms with Crippen LogP contribution in [-0.4, -0.2) is 12.1 Å². The van der Waals surface area contributed by atoms with Crippen molar-refractivity contribution in [1.82, 2.24) is 0 Å². The lowest BCUT2D eigenvalue weighted by Crippen LogP contribution is -2.27. The number of carbonyl (C=O) groups excluding carboxylic acids is 1. The Bertz CT molecular complexity index is 330. The summed E-state index contributed by atoms with van der Waals surface area (Å²) < 4.78 is 39.4. The maximum atomic E-state index is 11.8. The number of carbonyl (C=O) groups is 1. The second-order valence-corrected chi connectivity index (χ2v) is 3.49. The van der Waals surface area contributed by atoms with Crippen molar-refractivity contribution in [1.29, 1.82) is 0 Å². The number of halogens is 3. The van der Waals surface area contributed by atoms with Crippen LogP contribution in [0.5, 0.6) is 5.75 Å². The van der Waals surface area contributed by atoms with Gasteiger partial charge in [0.1, 0.15) is 5.75 Å². The van der Waals surface area contributed by atoms with Crippen LogP contribution < -0.4 is 4.74 Å². The number of esters is 1. The molecule has 0 spiro atoms. The predicted octanol–water partition coefficient (Wildman–Crippen LogP) is 2.78. The van der Waals surface area contributed by atoms with Gasteiger partial charge in [-0.2, -0.15) is 13.2 Å². The van der Waals surface area contributed by atoms with Gasteiger partial charge in [-0.25, -0.2) is 4.79 Å². The topological polar surface area (TPSA) is 26.3 Å². The number of rotatable bonds is 2. The molecule has 0 bridgehead atoms. The number of hydrogen-bond acceptors (Lipinski definition) is 3. The fourth-order valence-electron chi connectivity index (χ4n) is 0.764. The second-order valence-electron chi connectivity index (χ2n) is 2.49. The first-order valence-electron chi connectivity index (χ1n) is 3.80. The molecule has 0 saturated carbocycles. The van der Waals surface area contributed by atoms with Gasteiger partial charge in [0.15, 0.2) is 0 Å². The van der Waals surface area contributed by atoms with E-state index in [0.29, 0.717) is 6.42 Å². The maximum absolute atomic E-state index is 11.8. The summed E-state index contributed by atoms with van der Waals surface area (Å²) in [5.41, 5.74) is 0. The molecule has 1 rings (SSSR count). The van der Waals surface area contributed by atoms with Crippen molar-refractivity contribution in [2.45, 2.75) is 19.5 Å². The molecule has 0 atom stereocenters. The molecule has 1 aromatic rings. The van der Waals surface area contributed by atoms with Gasteiger partial charge < -0.3 is 4.74 Å². The summed E-state index contributed by atoms with van der Waals surface area (Å²) in [4.78, 5) is 11.3. The highest BCUT2D eigenvalue weighted by molar-refractivity contribution is 7.10. The zero-order valence-electron chi connectivity index (χ0n) is 7.22. The zero-order chi connectivity index (χ0) is 10.8. The molecule has 1 aromatic heterocycles. The Morgan fingerprint density at radius 3 is 2.64 bits per heavy atom. The molecule has 78 valence electrons. The second kappa shape index (κ2) is 4.00. The molecule has 0 fully saturated rings. The highest BCUT2D eigenvalue weighted by Gasteiger charge is 2.41. The Hall–Kier alpha value is -1.04. The van der Waals surface area contributed by atoms with Crippen molar-refractivity contribution in [2.24, 2.45) is 0 Å². The Morgan fingerprint density at radius 2 is 2.21 bits per heavy atom. The van der Waals surface area contributed by atoms with Crippen molar-refractivity contribution >= 4 is 17.3 Å². The molecular formula is C8H7F3O2S. The summed E-state index contributed by atoms with van der Waals surface area (Å²) in [6, 6.07) is 1.42. The maximum Gasteiger partial charge on any atom is 0.491 e. The van der Waals surface area contributed by atoms with Crippen LogP contribution in [-0.2, 0) is 11.2 Å². The van der Waals surface area contributed by atoms with Crippen molar-refractivity contribution in [2.75, 3.05) is 0 Å². The van der Waals surface area contributed by atoms with Crippen LogP contribution in [0.15, 0.2) is 11.4 Å². The molecule has 6 heteroatoms. The van der Waals surface area contributed by atoms with E-state index < -0.39 is 12.1 Å². The first-order valence-corrected chi connectivity index (χ1v) is 4.68. The van der Waals surface area contributed by atoms with Gasteiger partial charge in [0.2, 0.25) is 0 Å². The van der Waals surface area contributed by atoms with Gasteiger partial charge in [-0.05, 0) is 12.5 Å². The predicted molar refractivity (Wildman–Crippen MR) is 45.4 cm³/mol. The van der Waals surface area contributed by atoms with Crippen LogP contribution in [0.4, 0.5) is 13.2 Å². The van der Waals surface area contributed by atoms with Crippen molar-refractivity contribution < 1.29 is 22.7 Å². The Balaban J connectivity index is 2.65. The molecule has 0 aromatic carbocycles. The summed E-state index contributed by atoms with van der Waals surface area (Å²) in [5.74, 6) is -2.23. The number of ether oxygens (including phenoxy) is 1. The third-order valence-corrected chi connectivity index (χ3v) is 2.48. The molecule has 0 aliphatic heterocycles. The van der Waals surface area contributed by atoms with Crippen molar-refractivity contribution in [3.05, 3.63) is 16.3 Å². The first kappa shape index (κ1) is 11.0. The monoisotopic (exact) mass is 224 g/mol. The van der Waals surface area contributed by atoms with E-state index in [-0.39, 0.29) is 5.75 Å². The Kier molecular flexibility index (Phi) is 3.15. The normalized spacial score (nSPS) is 11.4. The van der Waals surface area contributed by atoms with Crippen LogP contribution >= 0.6 is 11.3 Å².